The van der Waals surface area contributed by atoms with E-state index in [1.54, 1.807) is 31.5 Å². The Hall–Kier alpha value is -3.44. The van der Waals surface area contributed by atoms with E-state index in [0.29, 0.717) is 33.6 Å². The second kappa shape index (κ2) is 7.53. The van der Waals surface area contributed by atoms with Gasteiger partial charge in [-0.2, -0.15) is 0 Å². The number of benzene rings is 2. The average Bonchev–Trinajstić information content (AvgIpc) is 3.11. The minimum Gasteiger partial charge on any atom is -0.399 e. The lowest BCUT2D eigenvalue weighted by atomic mass is 9.95. The molecule has 0 atom stereocenters. The zero-order valence-electron chi connectivity index (χ0n) is 15.5. The number of carbonyl (C=O) groups excluding carboxylic acids is 1. The van der Waals surface area contributed by atoms with Gasteiger partial charge in [-0.25, -0.2) is 9.37 Å². The molecule has 0 bridgehead atoms. The summed E-state index contributed by atoms with van der Waals surface area (Å²) in [6.07, 6.45) is 6.19. The topological polar surface area (TPSA) is 71.8 Å². The first-order valence-electron chi connectivity index (χ1n) is 8.94. The van der Waals surface area contributed by atoms with E-state index in [1.165, 1.54) is 12.2 Å². The Labute approximate surface area is 171 Å². The Balaban J connectivity index is 1.94. The van der Waals surface area contributed by atoms with Crippen LogP contribution in [0, 0.1) is 12.7 Å². The van der Waals surface area contributed by atoms with E-state index >= 15 is 4.39 Å². The predicted octanol–water partition coefficient (Wildman–Crippen LogP) is 5.71. The number of pyridine rings is 1. The van der Waals surface area contributed by atoms with Crippen molar-refractivity contribution in [3.05, 3.63) is 77.9 Å². The summed E-state index contributed by atoms with van der Waals surface area (Å²) in [5.41, 5.74) is 11.1. The normalized spacial score (nSPS) is 11.4. The maximum absolute atomic E-state index is 15.2. The van der Waals surface area contributed by atoms with Crippen molar-refractivity contribution in [1.82, 2.24) is 9.97 Å². The van der Waals surface area contributed by atoms with Gasteiger partial charge in [0, 0.05) is 40.2 Å². The molecule has 29 heavy (non-hydrogen) atoms. The number of aromatic amines is 1. The van der Waals surface area contributed by atoms with E-state index in [1.807, 2.05) is 30.3 Å². The van der Waals surface area contributed by atoms with Gasteiger partial charge in [0.15, 0.2) is 0 Å². The van der Waals surface area contributed by atoms with E-state index < -0.39 is 5.24 Å². The quantitative estimate of drug-likeness (QED) is 0.259. The van der Waals surface area contributed by atoms with Gasteiger partial charge in [-0.1, -0.05) is 24.3 Å². The summed E-state index contributed by atoms with van der Waals surface area (Å²) in [5, 5.41) is 0.141. The monoisotopic (exact) mass is 405 g/mol. The molecule has 0 aliphatic carbocycles. The van der Waals surface area contributed by atoms with Crippen molar-refractivity contribution in [2.75, 3.05) is 5.73 Å². The number of nitrogen functional groups attached to an aromatic ring is 1. The van der Waals surface area contributed by atoms with Crippen LogP contribution in [0.15, 0.2) is 60.9 Å². The number of fused-ring (bicyclic) bond motifs is 1. The van der Waals surface area contributed by atoms with E-state index in [0.717, 1.165) is 16.5 Å². The summed E-state index contributed by atoms with van der Waals surface area (Å²) < 4.78 is 15.2. The SMILES string of the molecule is Cc1ccc(/C=C/C(=O)Cl)c(-c2c[nH]c3ncc(-c4cccc(N)c4)cc23)c1F. The van der Waals surface area contributed by atoms with Gasteiger partial charge < -0.3 is 10.7 Å². The van der Waals surface area contributed by atoms with E-state index in [-0.39, 0.29) is 5.82 Å². The Morgan fingerprint density at radius 2 is 2.03 bits per heavy atom. The van der Waals surface area contributed by atoms with Crippen LogP contribution in [-0.4, -0.2) is 15.2 Å². The van der Waals surface area contributed by atoms with Gasteiger partial charge in [0.1, 0.15) is 11.5 Å². The zero-order valence-corrected chi connectivity index (χ0v) is 16.3. The molecule has 4 aromatic rings. The van der Waals surface area contributed by atoms with Gasteiger partial charge in [-0.15, -0.1) is 0 Å². The van der Waals surface area contributed by atoms with Crippen LogP contribution < -0.4 is 5.73 Å². The lowest BCUT2D eigenvalue weighted by Crippen LogP contribution is -1.93. The molecule has 0 amide bonds. The zero-order chi connectivity index (χ0) is 20.5. The number of nitrogens with zero attached hydrogens (tertiary/aromatic N) is 1. The molecule has 0 aliphatic rings. The lowest BCUT2D eigenvalue weighted by molar-refractivity contribution is -0.107. The third kappa shape index (κ3) is 3.65. The summed E-state index contributed by atoms with van der Waals surface area (Å²) in [6.45, 7) is 1.70. The van der Waals surface area contributed by atoms with Gasteiger partial charge >= 0.3 is 0 Å². The van der Waals surface area contributed by atoms with Crippen molar-refractivity contribution >= 4 is 39.6 Å². The van der Waals surface area contributed by atoms with Crippen LogP contribution >= 0.6 is 11.6 Å². The number of halogens is 2. The molecular formula is C23H17ClFN3O. The van der Waals surface area contributed by atoms with Gasteiger partial charge in [0.05, 0.1) is 0 Å². The van der Waals surface area contributed by atoms with Crippen LogP contribution in [-0.2, 0) is 4.79 Å². The highest BCUT2D eigenvalue weighted by molar-refractivity contribution is 6.66. The molecule has 4 nitrogen and oxygen atoms in total. The smallest absolute Gasteiger partial charge is 0.245 e. The van der Waals surface area contributed by atoms with Crippen molar-refractivity contribution in [1.29, 1.82) is 0 Å². The van der Waals surface area contributed by atoms with Crippen molar-refractivity contribution in [2.45, 2.75) is 6.92 Å². The Morgan fingerprint density at radius 3 is 2.79 bits per heavy atom. The molecule has 0 saturated carbocycles. The molecule has 6 heteroatoms. The summed E-state index contributed by atoms with van der Waals surface area (Å²) in [4.78, 5) is 18.7. The van der Waals surface area contributed by atoms with Crippen LogP contribution in [0.5, 0.6) is 0 Å². The number of H-pyrrole nitrogens is 1. The molecule has 0 radical (unpaired) electrons. The van der Waals surface area contributed by atoms with Crippen molar-refractivity contribution in [3.8, 4) is 22.3 Å². The highest BCUT2D eigenvalue weighted by Crippen LogP contribution is 2.36. The number of allylic oxidation sites excluding steroid dienone is 1. The van der Waals surface area contributed by atoms with Crippen molar-refractivity contribution < 1.29 is 9.18 Å². The maximum atomic E-state index is 15.2. The van der Waals surface area contributed by atoms with Crippen LogP contribution in [0.25, 0.3) is 39.4 Å². The second-order valence-corrected chi connectivity index (χ2v) is 7.12. The number of hydrogen-bond acceptors (Lipinski definition) is 3. The Kier molecular flexibility index (Phi) is 4.91. The number of hydrogen-bond donors (Lipinski definition) is 2. The molecule has 4 rings (SSSR count). The van der Waals surface area contributed by atoms with E-state index in [4.69, 9.17) is 17.3 Å². The number of rotatable bonds is 4. The second-order valence-electron chi connectivity index (χ2n) is 6.75. The summed E-state index contributed by atoms with van der Waals surface area (Å²) in [7, 11) is 0. The Morgan fingerprint density at radius 1 is 1.21 bits per heavy atom. The van der Waals surface area contributed by atoms with E-state index in [2.05, 4.69) is 9.97 Å². The largest absolute Gasteiger partial charge is 0.399 e. The fourth-order valence-electron chi connectivity index (χ4n) is 3.35. The van der Waals surface area contributed by atoms with E-state index in [9.17, 15) is 4.79 Å². The maximum Gasteiger partial charge on any atom is 0.245 e. The molecule has 2 aromatic carbocycles. The molecule has 2 heterocycles. The van der Waals surface area contributed by atoms with Gasteiger partial charge in [0.25, 0.3) is 0 Å². The number of anilines is 1. The molecular weight excluding hydrogens is 389 g/mol. The first kappa shape index (κ1) is 18.9. The minimum absolute atomic E-state index is 0.357. The summed E-state index contributed by atoms with van der Waals surface area (Å²) in [5.74, 6) is -0.357. The van der Waals surface area contributed by atoms with Crippen molar-refractivity contribution in [3.63, 3.8) is 0 Å². The number of aromatic nitrogens is 2. The molecule has 0 aliphatic heterocycles. The standard InChI is InChI=1S/C23H17ClFN3O/c1-13-5-6-14(7-8-20(24)29)21(22(13)25)19-12-28-23-18(19)10-16(11-27-23)15-3-2-4-17(26)9-15/h2-12H,26H2,1H3,(H,27,28)/b8-7+. The van der Waals surface area contributed by atoms with Crippen LogP contribution in [0.4, 0.5) is 10.1 Å². The summed E-state index contributed by atoms with van der Waals surface area (Å²) >= 11 is 5.43. The number of aryl methyl sites for hydroxylation is 1. The average molecular weight is 406 g/mol. The van der Waals surface area contributed by atoms with Crippen LogP contribution in [0.2, 0.25) is 0 Å². The highest BCUT2D eigenvalue weighted by Gasteiger charge is 2.17. The molecule has 2 aromatic heterocycles. The first-order chi connectivity index (χ1) is 13.9. The van der Waals surface area contributed by atoms with Gasteiger partial charge in [0.2, 0.25) is 5.24 Å². The van der Waals surface area contributed by atoms with Crippen LogP contribution in [0.3, 0.4) is 0 Å². The fourth-order valence-corrected chi connectivity index (χ4v) is 3.41. The molecule has 0 saturated heterocycles. The molecule has 0 unspecified atom stereocenters. The Bertz CT molecular complexity index is 1280. The third-order valence-corrected chi connectivity index (χ3v) is 4.91. The third-order valence-electron chi connectivity index (χ3n) is 4.78. The summed E-state index contributed by atoms with van der Waals surface area (Å²) in [6, 6.07) is 12.9. The number of nitrogens with two attached hydrogens (primary N) is 1. The molecule has 0 fully saturated rings. The number of nitrogens with one attached hydrogen (secondary N) is 1. The molecule has 0 spiro atoms. The molecule has 3 N–H and O–H groups in total. The molecule has 144 valence electrons. The minimum atomic E-state index is -0.624. The van der Waals surface area contributed by atoms with Gasteiger partial charge in [-0.05, 0) is 65.6 Å². The van der Waals surface area contributed by atoms with Crippen LogP contribution in [0.1, 0.15) is 11.1 Å². The highest BCUT2D eigenvalue weighted by atomic mass is 35.5. The fraction of sp³-hybridized carbons (Fsp3) is 0.0435. The lowest BCUT2D eigenvalue weighted by Gasteiger charge is -2.10. The number of carbonyl (C=O) groups is 1. The predicted molar refractivity (Wildman–Crippen MR) is 116 cm³/mol. The first-order valence-corrected chi connectivity index (χ1v) is 9.32. The van der Waals surface area contributed by atoms with Gasteiger partial charge in [-0.3, -0.25) is 4.79 Å². The van der Waals surface area contributed by atoms with Crippen molar-refractivity contribution in [2.24, 2.45) is 0 Å².